The Morgan fingerprint density at radius 1 is 1.35 bits per heavy atom. The second-order valence-electron chi connectivity index (χ2n) is 5.89. The molecule has 1 aliphatic heterocycles. The molecule has 118 valence electrons. The lowest BCUT2D eigenvalue weighted by atomic mass is 10.1. The summed E-state index contributed by atoms with van der Waals surface area (Å²) in [7, 11) is 0. The zero-order valence-electron chi connectivity index (χ0n) is 13.0. The molecule has 0 saturated carbocycles. The molecule has 1 amide bonds. The monoisotopic (exact) mass is 311 g/mol. The fourth-order valence-corrected chi connectivity index (χ4v) is 3.00. The van der Waals surface area contributed by atoms with Crippen molar-refractivity contribution < 1.29 is 4.79 Å². The first-order valence-corrected chi connectivity index (χ1v) is 7.62. The number of rotatable bonds is 2. The number of fused-ring (bicyclic) bond motifs is 2. The highest BCUT2D eigenvalue weighted by Gasteiger charge is 2.23. The highest BCUT2D eigenvalue weighted by atomic mass is 16.2. The number of imidazole rings is 1. The van der Waals surface area contributed by atoms with E-state index < -0.39 is 0 Å². The average Bonchev–Trinajstić information content (AvgIpc) is 3.12. The molecule has 4 heterocycles. The van der Waals surface area contributed by atoms with Crippen molar-refractivity contribution in [3.8, 4) is 0 Å². The molecular weight excluding hydrogens is 294 g/mol. The Kier molecular flexibility index (Phi) is 3.10. The SMILES string of the molecule is Cc1cc(C)n2nc(C(=O)NC3CCc4nccn4C3)nc2n1. The molecule has 1 unspecified atom stereocenters. The van der Waals surface area contributed by atoms with Crippen LogP contribution in [0.2, 0.25) is 0 Å². The second-order valence-corrected chi connectivity index (χ2v) is 5.89. The van der Waals surface area contributed by atoms with Gasteiger partial charge in [0, 0.05) is 42.8 Å². The molecule has 4 rings (SSSR count). The van der Waals surface area contributed by atoms with Crippen LogP contribution in [-0.4, -0.2) is 41.1 Å². The summed E-state index contributed by atoms with van der Waals surface area (Å²) in [6, 6.07) is 1.97. The fourth-order valence-electron chi connectivity index (χ4n) is 3.00. The van der Waals surface area contributed by atoms with E-state index in [1.165, 1.54) is 0 Å². The van der Waals surface area contributed by atoms with Crippen molar-refractivity contribution in [2.45, 2.75) is 39.3 Å². The van der Waals surface area contributed by atoms with E-state index in [1.54, 1.807) is 10.7 Å². The molecule has 3 aromatic rings. The number of hydrogen-bond acceptors (Lipinski definition) is 5. The van der Waals surface area contributed by atoms with E-state index >= 15 is 0 Å². The van der Waals surface area contributed by atoms with Crippen LogP contribution in [0.1, 0.15) is 34.3 Å². The van der Waals surface area contributed by atoms with Gasteiger partial charge in [-0.05, 0) is 26.3 Å². The lowest BCUT2D eigenvalue weighted by Gasteiger charge is -2.24. The van der Waals surface area contributed by atoms with Gasteiger partial charge in [0.25, 0.3) is 11.7 Å². The van der Waals surface area contributed by atoms with E-state index in [1.807, 2.05) is 26.1 Å². The zero-order valence-corrected chi connectivity index (χ0v) is 13.0. The van der Waals surface area contributed by atoms with Crippen LogP contribution in [0, 0.1) is 13.8 Å². The molecule has 8 heteroatoms. The van der Waals surface area contributed by atoms with Gasteiger partial charge in [0.1, 0.15) is 5.82 Å². The molecule has 0 fully saturated rings. The van der Waals surface area contributed by atoms with E-state index in [-0.39, 0.29) is 17.8 Å². The minimum atomic E-state index is -0.263. The summed E-state index contributed by atoms with van der Waals surface area (Å²) in [5.41, 5.74) is 1.76. The van der Waals surface area contributed by atoms with Gasteiger partial charge in [-0.15, -0.1) is 5.10 Å². The first-order chi connectivity index (χ1) is 11.1. The van der Waals surface area contributed by atoms with Gasteiger partial charge in [-0.25, -0.2) is 14.5 Å². The topological polar surface area (TPSA) is 90.0 Å². The smallest absolute Gasteiger partial charge is 0.291 e. The highest BCUT2D eigenvalue weighted by molar-refractivity contribution is 5.91. The molecule has 0 radical (unpaired) electrons. The van der Waals surface area contributed by atoms with Crippen molar-refractivity contribution in [2.75, 3.05) is 0 Å². The lowest BCUT2D eigenvalue weighted by Crippen LogP contribution is -2.41. The number of amides is 1. The number of carbonyl (C=O) groups is 1. The molecule has 8 nitrogen and oxygen atoms in total. The minimum Gasteiger partial charge on any atom is -0.345 e. The van der Waals surface area contributed by atoms with Gasteiger partial charge in [0.2, 0.25) is 5.82 Å². The number of nitrogens with one attached hydrogen (secondary N) is 1. The third-order valence-corrected chi connectivity index (χ3v) is 4.09. The normalized spacial score (nSPS) is 17.2. The van der Waals surface area contributed by atoms with Crippen LogP contribution in [0.15, 0.2) is 18.5 Å². The summed E-state index contributed by atoms with van der Waals surface area (Å²) < 4.78 is 3.66. The van der Waals surface area contributed by atoms with E-state index in [9.17, 15) is 4.79 Å². The van der Waals surface area contributed by atoms with Gasteiger partial charge >= 0.3 is 0 Å². The summed E-state index contributed by atoms with van der Waals surface area (Å²) >= 11 is 0. The number of aryl methyl sites for hydroxylation is 3. The van der Waals surface area contributed by atoms with E-state index in [0.29, 0.717) is 5.78 Å². The largest absolute Gasteiger partial charge is 0.345 e. The van der Waals surface area contributed by atoms with Crippen LogP contribution in [0.25, 0.3) is 5.78 Å². The Labute approximate surface area is 132 Å². The van der Waals surface area contributed by atoms with Gasteiger partial charge in [0.05, 0.1) is 0 Å². The van der Waals surface area contributed by atoms with Crippen LogP contribution < -0.4 is 5.32 Å². The van der Waals surface area contributed by atoms with Gasteiger partial charge in [-0.3, -0.25) is 4.79 Å². The summed E-state index contributed by atoms with van der Waals surface area (Å²) in [6.07, 6.45) is 5.45. The molecule has 3 aromatic heterocycles. The van der Waals surface area contributed by atoms with Gasteiger partial charge in [-0.2, -0.15) is 4.98 Å². The Hall–Kier alpha value is -2.77. The quantitative estimate of drug-likeness (QED) is 0.752. The van der Waals surface area contributed by atoms with Crippen molar-refractivity contribution in [1.29, 1.82) is 0 Å². The van der Waals surface area contributed by atoms with Crippen molar-refractivity contribution in [3.63, 3.8) is 0 Å². The summed E-state index contributed by atoms with van der Waals surface area (Å²) in [5.74, 6) is 1.41. The molecule has 23 heavy (non-hydrogen) atoms. The summed E-state index contributed by atoms with van der Waals surface area (Å²) in [6.45, 7) is 4.54. The molecule has 0 spiro atoms. The molecule has 1 N–H and O–H groups in total. The third kappa shape index (κ3) is 2.45. The van der Waals surface area contributed by atoms with Crippen LogP contribution in [-0.2, 0) is 13.0 Å². The van der Waals surface area contributed by atoms with E-state index in [2.05, 4.69) is 29.9 Å². The third-order valence-electron chi connectivity index (χ3n) is 4.09. The van der Waals surface area contributed by atoms with Crippen molar-refractivity contribution in [1.82, 2.24) is 34.4 Å². The lowest BCUT2D eigenvalue weighted by molar-refractivity contribution is 0.0917. The van der Waals surface area contributed by atoms with Gasteiger partial charge in [0.15, 0.2) is 0 Å². The highest BCUT2D eigenvalue weighted by Crippen LogP contribution is 2.13. The molecule has 0 saturated heterocycles. The summed E-state index contributed by atoms with van der Waals surface area (Å²) in [4.78, 5) is 25.3. The second kappa shape index (κ2) is 5.15. The molecule has 1 atom stereocenters. The van der Waals surface area contributed by atoms with Gasteiger partial charge < -0.3 is 9.88 Å². The molecule has 0 aliphatic carbocycles. The van der Waals surface area contributed by atoms with Crippen molar-refractivity contribution >= 4 is 11.7 Å². The standard InChI is InChI=1S/C15H17N7O/c1-9-7-10(2)22-15(17-9)19-13(20-22)14(23)18-11-3-4-12-16-5-6-21(12)8-11/h5-7,11H,3-4,8H2,1-2H3,(H,18,23). The van der Waals surface area contributed by atoms with Crippen LogP contribution in [0.3, 0.4) is 0 Å². The molecule has 0 bridgehead atoms. The van der Waals surface area contributed by atoms with E-state index in [0.717, 1.165) is 36.6 Å². The first kappa shape index (κ1) is 13.9. The van der Waals surface area contributed by atoms with Crippen LogP contribution in [0.4, 0.5) is 0 Å². The fraction of sp³-hybridized carbons (Fsp3) is 0.400. The van der Waals surface area contributed by atoms with E-state index in [4.69, 9.17) is 0 Å². The maximum absolute atomic E-state index is 12.4. The Bertz CT molecular complexity index is 895. The maximum atomic E-state index is 12.4. The Morgan fingerprint density at radius 3 is 3.09 bits per heavy atom. The van der Waals surface area contributed by atoms with Crippen LogP contribution >= 0.6 is 0 Å². The summed E-state index contributed by atoms with van der Waals surface area (Å²) in [5, 5.41) is 7.27. The minimum absolute atomic E-state index is 0.0617. The predicted octanol–water partition coefficient (Wildman–Crippen LogP) is 0.682. The Morgan fingerprint density at radius 2 is 2.22 bits per heavy atom. The number of nitrogens with zero attached hydrogens (tertiary/aromatic N) is 6. The van der Waals surface area contributed by atoms with Crippen molar-refractivity contribution in [2.24, 2.45) is 0 Å². The average molecular weight is 311 g/mol. The molecule has 1 aliphatic rings. The van der Waals surface area contributed by atoms with Crippen LogP contribution in [0.5, 0.6) is 0 Å². The Balaban J connectivity index is 1.55. The maximum Gasteiger partial charge on any atom is 0.291 e. The zero-order chi connectivity index (χ0) is 16.0. The number of hydrogen-bond donors (Lipinski definition) is 1. The van der Waals surface area contributed by atoms with Crippen molar-refractivity contribution in [3.05, 3.63) is 41.5 Å². The molecular formula is C15H17N7O. The number of carbonyl (C=O) groups excluding carboxylic acids is 1. The van der Waals surface area contributed by atoms with Gasteiger partial charge in [-0.1, -0.05) is 0 Å². The predicted molar refractivity (Wildman–Crippen MR) is 82.1 cm³/mol. The number of aromatic nitrogens is 6. The first-order valence-electron chi connectivity index (χ1n) is 7.62. The molecule has 0 aromatic carbocycles.